The zero-order chi connectivity index (χ0) is 34.1. The standard InChI is InChI=1S/C22H37N.C21H33N3.CH4/c1-4-6-7-8-9-10-11-18-12-15-21-19(16-18)13-14-20(21)17-22(3,23)5-2;1-4-6-7-8-9-10-11-17-12-14-18(15-13-17)19-16-23-20(24-19)21(3,22)5-2;/h12,15-16,20H,4-11,13-14,17,23H2,1-3H3;12-16H,4-11,22H2,1-3H3,(H,23,24);1H4. The summed E-state index contributed by atoms with van der Waals surface area (Å²) in [5, 5.41) is 0. The fourth-order valence-electron chi connectivity index (χ4n) is 6.83. The number of benzene rings is 2. The van der Waals surface area contributed by atoms with Gasteiger partial charge in [0.2, 0.25) is 0 Å². The van der Waals surface area contributed by atoms with Crippen molar-refractivity contribution in [1.82, 2.24) is 9.97 Å². The Bertz CT molecular complexity index is 1270. The average molecular weight is 659 g/mol. The monoisotopic (exact) mass is 659 g/mol. The molecule has 4 rings (SSSR count). The second-order valence-electron chi connectivity index (χ2n) is 15.1. The molecule has 3 unspecified atom stereocenters. The molecule has 270 valence electrons. The summed E-state index contributed by atoms with van der Waals surface area (Å²) in [5.41, 5.74) is 20.6. The highest BCUT2D eigenvalue weighted by Crippen LogP contribution is 2.39. The number of nitrogens with two attached hydrogens (primary N) is 2. The van der Waals surface area contributed by atoms with Gasteiger partial charge in [-0.3, -0.25) is 0 Å². The van der Waals surface area contributed by atoms with Crippen molar-refractivity contribution in [3.63, 3.8) is 0 Å². The molecule has 1 aromatic heterocycles. The van der Waals surface area contributed by atoms with Gasteiger partial charge in [0, 0.05) is 5.54 Å². The van der Waals surface area contributed by atoms with E-state index in [2.05, 4.69) is 87.1 Å². The minimum Gasteiger partial charge on any atom is -0.340 e. The van der Waals surface area contributed by atoms with Crippen LogP contribution in [0, 0.1) is 0 Å². The van der Waals surface area contributed by atoms with Crippen LogP contribution in [0.2, 0.25) is 0 Å². The first-order valence-electron chi connectivity index (χ1n) is 19.5. The Balaban J connectivity index is 0.000000327. The molecule has 0 spiro atoms. The van der Waals surface area contributed by atoms with Crippen molar-refractivity contribution in [2.45, 2.75) is 188 Å². The van der Waals surface area contributed by atoms with Crippen LogP contribution in [0.4, 0.5) is 0 Å². The van der Waals surface area contributed by atoms with Crippen molar-refractivity contribution in [3.8, 4) is 11.3 Å². The van der Waals surface area contributed by atoms with Crippen molar-refractivity contribution >= 4 is 0 Å². The molecule has 0 fully saturated rings. The summed E-state index contributed by atoms with van der Waals surface area (Å²) >= 11 is 0. The minimum absolute atomic E-state index is 0. The van der Waals surface area contributed by atoms with E-state index in [0.29, 0.717) is 5.92 Å². The van der Waals surface area contributed by atoms with E-state index in [1.54, 1.807) is 16.7 Å². The van der Waals surface area contributed by atoms with Crippen LogP contribution in [0.15, 0.2) is 48.7 Å². The molecule has 4 nitrogen and oxygen atoms in total. The number of aromatic amines is 1. The zero-order valence-corrected chi connectivity index (χ0v) is 31.2. The van der Waals surface area contributed by atoms with Gasteiger partial charge in [-0.15, -0.1) is 0 Å². The lowest BCUT2D eigenvalue weighted by atomic mass is 9.84. The van der Waals surface area contributed by atoms with Crippen LogP contribution in [0.5, 0.6) is 0 Å². The van der Waals surface area contributed by atoms with Gasteiger partial charge in [-0.25, -0.2) is 4.98 Å². The molecule has 0 aliphatic heterocycles. The molecule has 0 saturated carbocycles. The number of hydrogen-bond donors (Lipinski definition) is 3. The number of rotatable bonds is 20. The molecule has 3 atom stereocenters. The summed E-state index contributed by atoms with van der Waals surface area (Å²) in [6, 6.07) is 16.1. The molecule has 1 aliphatic rings. The summed E-state index contributed by atoms with van der Waals surface area (Å²) in [4.78, 5) is 7.84. The van der Waals surface area contributed by atoms with E-state index >= 15 is 0 Å². The third kappa shape index (κ3) is 13.8. The predicted molar refractivity (Wildman–Crippen MR) is 212 cm³/mol. The topological polar surface area (TPSA) is 80.7 Å². The molecule has 1 heterocycles. The Hall–Kier alpha value is -2.43. The van der Waals surface area contributed by atoms with E-state index in [9.17, 15) is 0 Å². The highest BCUT2D eigenvalue weighted by atomic mass is 15.0. The van der Waals surface area contributed by atoms with Gasteiger partial charge in [0.25, 0.3) is 0 Å². The van der Waals surface area contributed by atoms with Gasteiger partial charge in [0.05, 0.1) is 17.4 Å². The van der Waals surface area contributed by atoms with Gasteiger partial charge in [-0.2, -0.15) is 0 Å². The van der Waals surface area contributed by atoms with E-state index in [1.807, 2.05) is 13.1 Å². The highest BCUT2D eigenvalue weighted by molar-refractivity contribution is 5.59. The third-order valence-electron chi connectivity index (χ3n) is 10.7. The molecule has 2 aromatic carbocycles. The Morgan fingerprint density at radius 3 is 1.88 bits per heavy atom. The smallest absolute Gasteiger partial charge is 0.126 e. The highest BCUT2D eigenvalue weighted by Gasteiger charge is 2.28. The van der Waals surface area contributed by atoms with Crippen molar-refractivity contribution in [2.75, 3.05) is 0 Å². The number of hydrogen-bond acceptors (Lipinski definition) is 3. The number of imidazole rings is 1. The molecular weight excluding hydrogens is 585 g/mol. The van der Waals surface area contributed by atoms with Gasteiger partial charge < -0.3 is 16.5 Å². The summed E-state index contributed by atoms with van der Waals surface area (Å²) in [5.74, 6) is 1.54. The van der Waals surface area contributed by atoms with Crippen LogP contribution in [0.3, 0.4) is 0 Å². The van der Waals surface area contributed by atoms with Crippen LogP contribution >= 0.6 is 0 Å². The van der Waals surface area contributed by atoms with Crippen LogP contribution in [-0.2, 0) is 24.8 Å². The molecule has 0 saturated heterocycles. The van der Waals surface area contributed by atoms with Crippen molar-refractivity contribution in [1.29, 1.82) is 0 Å². The lowest BCUT2D eigenvalue weighted by Crippen LogP contribution is -2.36. The minimum atomic E-state index is -0.393. The fraction of sp³-hybridized carbons (Fsp3) is 0.659. The largest absolute Gasteiger partial charge is 0.340 e. The number of fused-ring (bicyclic) bond motifs is 1. The molecule has 3 aromatic rings. The van der Waals surface area contributed by atoms with Gasteiger partial charge in [-0.05, 0) is 105 Å². The number of unbranched alkanes of at least 4 members (excludes halogenated alkanes) is 10. The summed E-state index contributed by atoms with van der Waals surface area (Å²) in [7, 11) is 0. The molecule has 48 heavy (non-hydrogen) atoms. The Kier molecular flexibility index (Phi) is 18.8. The first kappa shape index (κ1) is 41.7. The van der Waals surface area contributed by atoms with Gasteiger partial charge in [0.1, 0.15) is 5.82 Å². The summed E-state index contributed by atoms with van der Waals surface area (Å²) in [6.45, 7) is 13.1. The summed E-state index contributed by atoms with van der Waals surface area (Å²) in [6.07, 6.45) is 26.3. The molecule has 0 bridgehead atoms. The van der Waals surface area contributed by atoms with Crippen LogP contribution < -0.4 is 11.5 Å². The predicted octanol–water partition coefficient (Wildman–Crippen LogP) is 12.3. The van der Waals surface area contributed by atoms with Crippen molar-refractivity contribution < 1.29 is 0 Å². The van der Waals surface area contributed by atoms with Crippen LogP contribution in [0.25, 0.3) is 11.3 Å². The summed E-state index contributed by atoms with van der Waals surface area (Å²) < 4.78 is 0. The fourth-order valence-corrected chi connectivity index (χ4v) is 6.83. The second-order valence-corrected chi connectivity index (χ2v) is 15.1. The molecule has 4 heteroatoms. The molecule has 0 radical (unpaired) electrons. The van der Waals surface area contributed by atoms with Crippen LogP contribution in [-0.4, -0.2) is 15.5 Å². The van der Waals surface area contributed by atoms with Crippen LogP contribution in [0.1, 0.15) is 186 Å². The number of nitrogens with one attached hydrogen (secondary N) is 1. The molecule has 5 N–H and O–H groups in total. The van der Waals surface area contributed by atoms with E-state index in [0.717, 1.165) is 30.8 Å². The maximum atomic E-state index is 6.40. The molecular formula is C44H74N4. The Morgan fingerprint density at radius 1 is 0.729 bits per heavy atom. The Morgan fingerprint density at radius 2 is 1.29 bits per heavy atom. The van der Waals surface area contributed by atoms with Gasteiger partial charge in [-0.1, -0.05) is 142 Å². The molecule has 1 aliphatic carbocycles. The van der Waals surface area contributed by atoms with Crippen molar-refractivity contribution in [2.24, 2.45) is 11.5 Å². The second kappa shape index (κ2) is 21.6. The van der Waals surface area contributed by atoms with Crippen molar-refractivity contribution in [3.05, 3.63) is 76.7 Å². The maximum Gasteiger partial charge on any atom is 0.126 e. The van der Waals surface area contributed by atoms with Gasteiger partial charge >= 0.3 is 0 Å². The zero-order valence-electron chi connectivity index (χ0n) is 31.2. The number of nitrogens with zero attached hydrogens (tertiary/aromatic N) is 1. The normalized spacial score (nSPS) is 16.3. The van der Waals surface area contributed by atoms with E-state index in [-0.39, 0.29) is 13.0 Å². The quantitative estimate of drug-likeness (QED) is 0.106. The van der Waals surface area contributed by atoms with E-state index in [1.165, 1.54) is 114 Å². The van der Waals surface area contributed by atoms with E-state index < -0.39 is 5.54 Å². The SMILES string of the molecule is C.CCCCCCCCc1ccc(-c2cnc(C(C)(N)CC)[nH]2)cc1.CCCCCCCCc1ccc2c(c1)CCC2CC(C)(N)CC. The Labute approximate surface area is 296 Å². The number of aryl methyl sites for hydroxylation is 3. The third-order valence-corrected chi connectivity index (χ3v) is 10.7. The van der Waals surface area contributed by atoms with E-state index in [4.69, 9.17) is 11.5 Å². The number of aromatic nitrogens is 2. The van der Waals surface area contributed by atoms with Gasteiger partial charge in [0.15, 0.2) is 0 Å². The molecule has 0 amide bonds. The first-order chi connectivity index (χ1) is 22.6. The number of H-pyrrole nitrogens is 1. The first-order valence-corrected chi connectivity index (χ1v) is 19.5. The lowest BCUT2D eigenvalue weighted by Gasteiger charge is -2.27. The average Bonchev–Trinajstić information content (AvgIpc) is 3.73. The lowest BCUT2D eigenvalue weighted by molar-refractivity contribution is 0.377. The maximum absolute atomic E-state index is 6.40.